The van der Waals surface area contributed by atoms with Gasteiger partial charge in [0.05, 0.1) is 53.8 Å². The topological polar surface area (TPSA) is 214 Å². The SMILES string of the molecule is COC(=O)c1cnc(SOCc2ccc(Br)cc2)c([N+](=O)[O-])c1.COC(=O)c1cnc(SOn2nnc3ccccc32)c([N+](=O)[O-])c1. The summed E-state index contributed by atoms with van der Waals surface area (Å²) >= 11 is 4.75. The first-order valence-corrected chi connectivity index (χ1v) is 15.0. The van der Waals surface area contributed by atoms with Crippen LogP contribution in [-0.2, 0) is 20.3 Å². The highest BCUT2D eigenvalue weighted by Gasteiger charge is 2.23. The second-order valence-corrected chi connectivity index (χ2v) is 11.1. The molecule has 2 aromatic carbocycles. The van der Waals surface area contributed by atoms with Gasteiger partial charge >= 0.3 is 23.3 Å². The molecule has 242 valence electrons. The zero-order chi connectivity index (χ0) is 33.9. The maximum atomic E-state index is 11.4. The van der Waals surface area contributed by atoms with Crippen molar-refractivity contribution in [1.82, 2.24) is 25.1 Å². The quantitative estimate of drug-likeness (QED) is 0.0714. The molecular weight excluding hydrogens is 726 g/mol. The van der Waals surface area contributed by atoms with E-state index in [-0.39, 0.29) is 39.2 Å². The highest BCUT2D eigenvalue weighted by molar-refractivity contribution is 9.10. The van der Waals surface area contributed by atoms with Crippen molar-refractivity contribution in [2.45, 2.75) is 16.7 Å². The third kappa shape index (κ3) is 9.19. The zero-order valence-electron chi connectivity index (χ0n) is 24.0. The molecular formula is C27H20BrN7O10S2. The Kier molecular flexibility index (Phi) is 12.1. The first kappa shape index (κ1) is 34.7. The fourth-order valence-electron chi connectivity index (χ4n) is 3.44. The number of esters is 2. The van der Waals surface area contributed by atoms with Gasteiger partial charge in [0.25, 0.3) is 0 Å². The molecule has 17 nitrogen and oxygen atoms in total. The number of rotatable bonds is 11. The van der Waals surface area contributed by atoms with E-state index in [1.807, 2.05) is 24.3 Å². The second kappa shape index (κ2) is 16.4. The monoisotopic (exact) mass is 745 g/mol. The number of carbonyl (C=O) groups is 2. The second-order valence-electron chi connectivity index (χ2n) is 8.67. The van der Waals surface area contributed by atoms with Crippen LogP contribution in [0.1, 0.15) is 26.3 Å². The van der Waals surface area contributed by atoms with E-state index in [1.54, 1.807) is 24.3 Å². The van der Waals surface area contributed by atoms with Crippen molar-refractivity contribution in [3.05, 3.63) is 114 Å². The number of pyridine rings is 2. The number of benzene rings is 2. The minimum atomic E-state index is -0.717. The molecule has 0 N–H and O–H groups in total. The fourth-order valence-corrected chi connectivity index (χ4v) is 4.89. The standard InChI is InChI=1S/C14H11BrN2O5S.C13H9N5O5S/c1-21-14(18)10-6-12(17(19)20)13(16-7-10)23-22-8-9-2-4-11(15)5-3-9;1-22-13(19)8-6-11(18(20)21)12(14-7-8)24-23-17-10-5-3-2-4-9(10)15-16-17/h2-7H,8H2,1H3;2-7H,1H3. The van der Waals surface area contributed by atoms with Crippen LogP contribution in [0.15, 0.2) is 87.6 Å². The summed E-state index contributed by atoms with van der Waals surface area (Å²) in [6.07, 6.45) is 2.38. The number of fused-ring (bicyclic) bond motifs is 1. The molecule has 20 heteroatoms. The molecule has 5 aromatic rings. The zero-order valence-corrected chi connectivity index (χ0v) is 27.3. The van der Waals surface area contributed by atoms with Gasteiger partial charge in [0.2, 0.25) is 10.1 Å². The molecule has 0 aliphatic carbocycles. The smallest absolute Gasteiger partial charge is 0.339 e. The number of nitrogens with zero attached hydrogens (tertiary/aromatic N) is 7. The van der Waals surface area contributed by atoms with Crippen LogP contribution in [-0.4, -0.2) is 61.1 Å². The van der Waals surface area contributed by atoms with Crippen molar-refractivity contribution in [2.24, 2.45) is 0 Å². The van der Waals surface area contributed by atoms with Gasteiger partial charge in [0.15, 0.2) is 12.0 Å². The van der Waals surface area contributed by atoms with Gasteiger partial charge in [-0.25, -0.2) is 19.6 Å². The van der Waals surface area contributed by atoms with Gasteiger partial charge in [-0.15, -0.1) is 5.10 Å². The summed E-state index contributed by atoms with van der Waals surface area (Å²) < 4.78 is 20.7. The third-order valence-electron chi connectivity index (χ3n) is 5.69. The number of aromatic nitrogens is 5. The Bertz CT molecular complexity index is 1930. The summed E-state index contributed by atoms with van der Waals surface area (Å²) in [4.78, 5) is 52.7. The van der Waals surface area contributed by atoms with E-state index in [1.165, 1.54) is 26.6 Å². The van der Waals surface area contributed by atoms with Crippen LogP contribution in [0.25, 0.3) is 11.0 Å². The van der Waals surface area contributed by atoms with Crippen molar-refractivity contribution in [1.29, 1.82) is 0 Å². The summed E-state index contributed by atoms with van der Waals surface area (Å²) in [5.41, 5.74) is 1.41. The number of hydrogen-bond donors (Lipinski definition) is 0. The Labute approximate surface area is 281 Å². The highest BCUT2D eigenvalue weighted by atomic mass is 79.9. The first-order chi connectivity index (χ1) is 22.6. The summed E-state index contributed by atoms with van der Waals surface area (Å²) in [5, 5.41) is 30.0. The minimum absolute atomic E-state index is 0.0106. The Morgan fingerprint density at radius 3 is 1.96 bits per heavy atom. The molecule has 0 radical (unpaired) electrons. The van der Waals surface area contributed by atoms with Gasteiger partial charge < -0.3 is 17.9 Å². The largest absolute Gasteiger partial charge is 0.465 e. The average Bonchev–Trinajstić information content (AvgIpc) is 3.50. The van der Waals surface area contributed by atoms with Gasteiger partial charge in [0, 0.05) is 29.0 Å². The Morgan fingerprint density at radius 1 is 0.851 bits per heavy atom. The summed E-state index contributed by atoms with van der Waals surface area (Å²) in [5.74, 6) is -1.40. The highest BCUT2D eigenvalue weighted by Crippen LogP contribution is 2.30. The van der Waals surface area contributed by atoms with Crippen LogP contribution >= 0.6 is 40.0 Å². The average molecular weight is 747 g/mol. The van der Waals surface area contributed by atoms with Gasteiger partial charge in [-0.2, -0.15) is 0 Å². The lowest BCUT2D eigenvalue weighted by atomic mass is 10.2. The van der Waals surface area contributed by atoms with Crippen molar-refractivity contribution < 1.29 is 37.4 Å². The van der Waals surface area contributed by atoms with Gasteiger partial charge in [-0.3, -0.25) is 20.2 Å². The number of halogens is 1. The predicted molar refractivity (Wildman–Crippen MR) is 169 cm³/mol. The van der Waals surface area contributed by atoms with E-state index in [0.717, 1.165) is 39.1 Å². The summed E-state index contributed by atoms with van der Waals surface area (Å²) in [7, 11) is 2.37. The van der Waals surface area contributed by atoms with Crippen molar-refractivity contribution in [2.75, 3.05) is 14.2 Å². The molecule has 47 heavy (non-hydrogen) atoms. The van der Waals surface area contributed by atoms with E-state index in [9.17, 15) is 29.8 Å². The van der Waals surface area contributed by atoms with Crippen LogP contribution in [0.4, 0.5) is 11.4 Å². The van der Waals surface area contributed by atoms with Crippen LogP contribution < -0.4 is 4.28 Å². The molecule has 0 unspecified atom stereocenters. The molecule has 3 heterocycles. The maximum Gasteiger partial charge on any atom is 0.339 e. The van der Waals surface area contributed by atoms with Crippen LogP contribution in [0.5, 0.6) is 0 Å². The van der Waals surface area contributed by atoms with Crippen molar-refractivity contribution in [3.8, 4) is 0 Å². The summed E-state index contributed by atoms with van der Waals surface area (Å²) in [6, 6.07) is 16.7. The molecule has 5 rings (SSSR count). The molecule has 0 saturated heterocycles. The molecule has 0 atom stereocenters. The van der Waals surface area contributed by atoms with E-state index in [2.05, 4.69) is 45.7 Å². The Morgan fingerprint density at radius 2 is 1.40 bits per heavy atom. The lowest BCUT2D eigenvalue weighted by Crippen LogP contribution is -2.08. The number of carbonyl (C=O) groups excluding carboxylic acids is 2. The van der Waals surface area contributed by atoms with Gasteiger partial charge in [-0.05, 0) is 35.0 Å². The van der Waals surface area contributed by atoms with Crippen molar-refractivity contribution >= 4 is 74.4 Å². The van der Waals surface area contributed by atoms with E-state index in [4.69, 9.17) is 8.47 Å². The molecule has 0 amide bonds. The van der Waals surface area contributed by atoms with Crippen molar-refractivity contribution in [3.63, 3.8) is 0 Å². The Balaban J connectivity index is 0.000000213. The number of nitro groups is 2. The number of ether oxygens (including phenoxy) is 2. The van der Waals surface area contributed by atoms with Crippen LogP contribution in [0, 0.1) is 20.2 Å². The van der Waals surface area contributed by atoms with E-state index in [0.29, 0.717) is 23.1 Å². The number of methoxy groups -OCH3 is 2. The lowest BCUT2D eigenvalue weighted by molar-refractivity contribution is -0.388. The normalized spacial score (nSPS) is 10.4. The molecule has 0 fully saturated rings. The Hall–Kier alpha value is -5.18. The number of para-hydroxylation sites is 1. The van der Waals surface area contributed by atoms with Gasteiger partial charge in [-0.1, -0.05) is 45.0 Å². The van der Waals surface area contributed by atoms with E-state index >= 15 is 0 Å². The molecule has 0 bridgehead atoms. The van der Waals surface area contributed by atoms with Gasteiger partial charge in [0.1, 0.15) is 11.0 Å². The molecule has 0 saturated carbocycles. The van der Waals surface area contributed by atoms with Crippen LogP contribution in [0.2, 0.25) is 0 Å². The first-order valence-electron chi connectivity index (χ1n) is 12.8. The predicted octanol–water partition coefficient (Wildman–Crippen LogP) is 5.42. The lowest BCUT2D eigenvalue weighted by Gasteiger charge is -2.05. The third-order valence-corrected chi connectivity index (χ3v) is 7.61. The summed E-state index contributed by atoms with van der Waals surface area (Å²) in [6.45, 7) is 0.259. The van der Waals surface area contributed by atoms with Crippen LogP contribution in [0.3, 0.4) is 0 Å². The maximum absolute atomic E-state index is 11.4. The molecule has 0 spiro atoms. The van der Waals surface area contributed by atoms with E-state index < -0.39 is 21.8 Å². The fraction of sp³-hybridized carbons (Fsp3) is 0.111. The molecule has 0 aliphatic rings. The number of hydrogen-bond acceptors (Lipinski definition) is 16. The molecule has 0 aliphatic heterocycles. The molecule has 3 aromatic heterocycles. The minimum Gasteiger partial charge on any atom is -0.465 e.